The van der Waals surface area contributed by atoms with E-state index in [9.17, 15) is 14.9 Å². The molecule has 3 rings (SSSR count). The molecule has 0 unspecified atom stereocenters. The number of aromatic nitrogens is 4. The second-order valence-electron chi connectivity index (χ2n) is 5.65. The van der Waals surface area contributed by atoms with Gasteiger partial charge >= 0.3 is 5.69 Å². The number of carbonyl (C=O) groups excluding carboxylic acids is 1. The van der Waals surface area contributed by atoms with E-state index in [1.165, 1.54) is 18.7 Å². The molecule has 0 saturated carbocycles. The maximum absolute atomic E-state index is 12.4. The summed E-state index contributed by atoms with van der Waals surface area (Å²) >= 11 is 5.96. The van der Waals surface area contributed by atoms with Crippen molar-refractivity contribution in [1.82, 2.24) is 19.6 Å². The molecule has 0 atom stereocenters. The standard InChI is InChI=1S/C16H15ClN6O3/c1-10-14(23(25)26)15(21(2)19-10)16(24)18-13-6-7-22(20-13)9-11-4-3-5-12(17)8-11/h3-8H,9H2,1-2H3,(H,18,20,24). The smallest absolute Gasteiger partial charge is 0.304 e. The molecule has 0 bridgehead atoms. The van der Waals surface area contributed by atoms with E-state index in [4.69, 9.17) is 11.6 Å². The first-order valence-corrected chi connectivity index (χ1v) is 8.00. The number of aryl methyl sites for hydroxylation is 2. The van der Waals surface area contributed by atoms with Gasteiger partial charge in [-0.15, -0.1) is 0 Å². The van der Waals surface area contributed by atoms with Crippen LogP contribution in [0.3, 0.4) is 0 Å². The molecular weight excluding hydrogens is 360 g/mol. The predicted molar refractivity (Wildman–Crippen MR) is 95.3 cm³/mol. The lowest BCUT2D eigenvalue weighted by Crippen LogP contribution is -2.18. The fourth-order valence-corrected chi connectivity index (χ4v) is 2.85. The SMILES string of the molecule is Cc1nn(C)c(C(=O)Nc2ccn(Cc3cccc(Cl)c3)n2)c1[N+](=O)[O-]. The minimum absolute atomic E-state index is 0.128. The minimum Gasteiger partial charge on any atom is -0.304 e. The zero-order valence-corrected chi connectivity index (χ0v) is 14.8. The molecular formula is C16H15ClN6O3. The Bertz CT molecular complexity index is 994. The summed E-state index contributed by atoms with van der Waals surface area (Å²) in [5.74, 6) is -0.363. The third-order valence-electron chi connectivity index (χ3n) is 3.70. The van der Waals surface area contributed by atoms with E-state index < -0.39 is 10.8 Å². The van der Waals surface area contributed by atoms with Crippen LogP contribution in [0.4, 0.5) is 11.5 Å². The summed E-state index contributed by atoms with van der Waals surface area (Å²) in [7, 11) is 1.48. The number of hydrogen-bond donors (Lipinski definition) is 1. The molecule has 26 heavy (non-hydrogen) atoms. The first-order chi connectivity index (χ1) is 12.3. The van der Waals surface area contributed by atoms with Gasteiger partial charge < -0.3 is 5.32 Å². The van der Waals surface area contributed by atoms with E-state index in [0.717, 1.165) is 5.56 Å². The van der Waals surface area contributed by atoms with Crippen molar-refractivity contribution in [2.45, 2.75) is 13.5 Å². The maximum Gasteiger partial charge on any atom is 0.322 e. The van der Waals surface area contributed by atoms with Crippen LogP contribution in [0.2, 0.25) is 5.02 Å². The molecule has 1 aromatic carbocycles. The molecule has 0 radical (unpaired) electrons. The molecule has 0 aliphatic carbocycles. The number of rotatable bonds is 5. The Labute approximate surface area is 153 Å². The van der Waals surface area contributed by atoms with Gasteiger partial charge in [-0.25, -0.2) is 0 Å². The topological polar surface area (TPSA) is 108 Å². The highest BCUT2D eigenvalue weighted by atomic mass is 35.5. The van der Waals surface area contributed by atoms with Gasteiger partial charge in [0.2, 0.25) is 5.69 Å². The first-order valence-electron chi connectivity index (χ1n) is 7.62. The van der Waals surface area contributed by atoms with Gasteiger partial charge in [0.25, 0.3) is 5.91 Å². The van der Waals surface area contributed by atoms with Crippen LogP contribution in [0.25, 0.3) is 0 Å². The van der Waals surface area contributed by atoms with Crippen LogP contribution in [-0.4, -0.2) is 30.4 Å². The Balaban J connectivity index is 1.77. The molecule has 1 N–H and O–H groups in total. The number of nitro groups is 1. The van der Waals surface area contributed by atoms with Crippen molar-refractivity contribution in [2.75, 3.05) is 5.32 Å². The highest BCUT2D eigenvalue weighted by molar-refractivity contribution is 6.30. The van der Waals surface area contributed by atoms with E-state index >= 15 is 0 Å². The highest BCUT2D eigenvalue weighted by Crippen LogP contribution is 2.23. The number of nitrogens with zero attached hydrogens (tertiary/aromatic N) is 5. The molecule has 1 amide bonds. The van der Waals surface area contributed by atoms with E-state index in [0.29, 0.717) is 11.6 Å². The molecule has 0 fully saturated rings. The lowest BCUT2D eigenvalue weighted by atomic mass is 10.2. The molecule has 0 saturated heterocycles. The molecule has 0 aliphatic heterocycles. The molecule has 134 valence electrons. The summed E-state index contributed by atoms with van der Waals surface area (Å²) in [5.41, 5.74) is 0.686. The third-order valence-corrected chi connectivity index (χ3v) is 3.94. The largest absolute Gasteiger partial charge is 0.322 e. The predicted octanol–water partition coefficient (Wildman–Crippen LogP) is 2.79. The van der Waals surface area contributed by atoms with Crippen molar-refractivity contribution in [2.24, 2.45) is 7.05 Å². The van der Waals surface area contributed by atoms with Crippen molar-refractivity contribution >= 4 is 29.0 Å². The number of benzene rings is 1. The molecule has 2 aromatic heterocycles. The zero-order valence-electron chi connectivity index (χ0n) is 14.0. The second kappa shape index (κ2) is 6.96. The van der Waals surface area contributed by atoms with Crippen molar-refractivity contribution in [3.63, 3.8) is 0 Å². The Morgan fingerprint density at radius 2 is 2.12 bits per heavy atom. The fourth-order valence-electron chi connectivity index (χ4n) is 2.63. The molecule has 0 aliphatic rings. The van der Waals surface area contributed by atoms with Gasteiger partial charge in [0, 0.05) is 24.3 Å². The monoisotopic (exact) mass is 374 g/mol. The van der Waals surface area contributed by atoms with Gasteiger partial charge in [-0.1, -0.05) is 23.7 Å². The normalized spacial score (nSPS) is 10.7. The van der Waals surface area contributed by atoms with Crippen LogP contribution in [0, 0.1) is 17.0 Å². The average molecular weight is 375 g/mol. The maximum atomic E-state index is 12.4. The molecule has 2 heterocycles. The fraction of sp³-hybridized carbons (Fsp3) is 0.188. The van der Waals surface area contributed by atoms with Crippen LogP contribution >= 0.6 is 11.6 Å². The molecule has 0 spiro atoms. The Hall–Kier alpha value is -3.20. The number of halogens is 1. The van der Waals surface area contributed by atoms with E-state index in [1.54, 1.807) is 23.0 Å². The molecule has 10 heteroatoms. The summed E-state index contributed by atoms with van der Waals surface area (Å²) in [5, 5.41) is 22.6. The van der Waals surface area contributed by atoms with E-state index in [2.05, 4.69) is 15.5 Å². The lowest BCUT2D eigenvalue weighted by molar-refractivity contribution is -0.385. The third kappa shape index (κ3) is 3.57. The van der Waals surface area contributed by atoms with Crippen LogP contribution < -0.4 is 5.32 Å². The number of anilines is 1. The average Bonchev–Trinajstić information content (AvgIpc) is 3.10. The van der Waals surface area contributed by atoms with Gasteiger partial charge in [-0.2, -0.15) is 10.2 Å². The molecule has 3 aromatic rings. The Kier molecular flexibility index (Phi) is 4.72. The summed E-state index contributed by atoms with van der Waals surface area (Å²) < 4.78 is 2.82. The van der Waals surface area contributed by atoms with Gasteiger partial charge in [0.15, 0.2) is 5.82 Å². The van der Waals surface area contributed by atoms with Crippen molar-refractivity contribution in [3.05, 3.63) is 68.6 Å². The number of hydrogen-bond acceptors (Lipinski definition) is 5. The quantitative estimate of drug-likeness (QED) is 0.545. The highest BCUT2D eigenvalue weighted by Gasteiger charge is 2.29. The van der Waals surface area contributed by atoms with E-state index in [-0.39, 0.29) is 22.9 Å². The Morgan fingerprint density at radius 3 is 2.81 bits per heavy atom. The number of amides is 1. The van der Waals surface area contributed by atoms with E-state index in [1.807, 2.05) is 18.2 Å². The van der Waals surface area contributed by atoms with Gasteiger partial charge in [0.05, 0.1) is 11.5 Å². The molecule has 9 nitrogen and oxygen atoms in total. The Morgan fingerprint density at radius 1 is 1.35 bits per heavy atom. The van der Waals surface area contributed by atoms with Crippen molar-refractivity contribution in [3.8, 4) is 0 Å². The van der Waals surface area contributed by atoms with Gasteiger partial charge in [0.1, 0.15) is 5.69 Å². The van der Waals surface area contributed by atoms with Crippen LogP contribution in [0.15, 0.2) is 36.5 Å². The van der Waals surface area contributed by atoms with Crippen LogP contribution in [0.5, 0.6) is 0 Å². The zero-order chi connectivity index (χ0) is 18.8. The summed E-state index contributed by atoms with van der Waals surface area (Å²) in [6.07, 6.45) is 1.69. The summed E-state index contributed by atoms with van der Waals surface area (Å²) in [6.45, 7) is 1.95. The summed E-state index contributed by atoms with van der Waals surface area (Å²) in [4.78, 5) is 23.0. The lowest BCUT2D eigenvalue weighted by Gasteiger charge is -2.04. The van der Waals surface area contributed by atoms with Crippen LogP contribution in [-0.2, 0) is 13.6 Å². The second-order valence-corrected chi connectivity index (χ2v) is 6.08. The van der Waals surface area contributed by atoms with Crippen molar-refractivity contribution in [1.29, 1.82) is 0 Å². The van der Waals surface area contributed by atoms with Gasteiger partial charge in [-0.3, -0.25) is 24.3 Å². The van der Waals surface area contributed by atoms with Gasteiger partial charge in [-0.05, 0) is 24.6 Å². The summed E-state index contributed by atoms with van der Waals surface area (Å²) in [6, 6.07) is 8.96. The minimum atomic E-state index is -0.646. The number of nitrogens with one attached hydrogen (secondary N) is 1. The van der Waals surface area contributed by atoms with Crippen molar-refractivity contribution < 1.29 is 9.72 Å². The first kappa shape index (κ1) is 17.6. The van der Waals surface area contributed by atoms with Crippen LogP contribution in [0.1, 0.15) is 21.7 Å². The number of carbonyl (C=O) groups is 1.